The molecule has 3 heterocycles. The van der Waals surface area contributed by atoms with Gasteiger partial charge in [0.05, 0.1) is 30.5 Å². The minimum absolute atomic E-state index is 0.0716. The molecule has 2 saturated heterocycles. The lowest BCUT2D eigenvalue weighted by molar-refractivity contribution is -0.265. The van der Waals surface area contributed by atoms with Crippen LogP contribution in [0.2, 0.25) is 0 Å². The minimum atomic E-state index is -2.39. The summed E-state index contributed by atoms with van der Waals surface area (Å²) in [6.07, 6.45) is 16.3. The highest BCUT2D eigenvalue weighted by Crippen LogP contribution is 2.38. The molecule has 3 fully saturated rings. The number of aliphatic hydroxyl groups is 3. The Hall–Kier alpha value is -3.00. The molecule has 1 saturated carbocycles. The molecule has 1 amide bonds. The maximum Gasteiger partial charge on any atom is 0.329 e. The standard InChI is InChI=1S/C50H79NO11/c1-31-15-11-10-12-16-33(3)44(59-8)29-39-21-19-37(7)50(58,62-39)47(55)48(56)51-24-14-13-17-40(51)49(57)61-45(36(6)27-38-20-23-42(53)46(28-38)60-9)30-43(54)35(5)26-34(4)41(52)22-18-32(2)25-31/h10-12,15-16,26,31-32,35-42,44-46,52-53,58H,13-14,17-25,27-30H2,1-9H3/b12-10+,15-11+,33-16+,34-26+/t31-,32+,35-,36-,37-,38+,39?,40+,41+,42-,44+,45+,46-,50-/m1/s1. The van der Waals surface area contributed by atoms with Crippen LogP contribution in [0.4, 0.5) is 0 Å². The number of hydrogen-bond donors (Lipinski definition) is 3. The van der Waals surface area contributed by atoms with Crippen molar-refractivity contribution >= 4 is 23.4 Å². The number of allylic oxidation sites excluding steroid dienone is 6. The fourth-order valence-electron chi connectivity index (χ4n) is 9.96. The van der Waals surface area contributed by atoms with Gasteiger partial charge in [0.2, 0.25) is 5.79 Å². The highest BCUT2D eigenvalue weighted by Gasteiger charge is 2.53. The largest absolute Gasteiger partial charge is 0.460 e. The predicted molar refractivity (Wildman–Crippen MR) is 239 cm³/mol. The number of aliphatic hydroxyl groups excluding tert-OH is 2. The first kappa shape index (κ1) is 51.6. The number of esters is 1. The van der Waals surface area contributed by atoms with Crippen LogP contribution in [0.25, 0.3) is 0 Å². The van der Waals surface area contributed by atoms with Gasteiger partial charge >= 0.3 is 5.97 Å². The topological polar surface area (TPSA) is 169 Å². The van der Waals surface area contributed by atoms with Gasteiger partial charge in [-0.25, -0.2) is 4.79 Å². The summed E-state index contributed by atoms with van der Waals surface area (Å²) in [5.74, 6) is -5.96. The van der Waals surface area contributed by atoms with E-state index >= 15 is 0 Å². The lowest BCUT2D eigenvalue weighted by atomic mass is 9.78. The van der Waals surface area contributed by atoms with E-state index in [1.165, 1.54) is 4.90 Å². The van der Waals surface area contributed by atoms with Crippen molar-refractivity contribution in [3.8, 4) is 0 Å². The zero-order chi connectivity index (χ0) is 45.7. The molecule has 350 valence electrons. The molecule has 0 radical (unpaired) electrons. The molecule has 0 aromatic carbocycles. The number of nitrogens with zero attached hydrogens (tertiary/aromatic N) is 1. The number of methoxy groups -OCH3 is 2. The molecule has 12 nitrogen and oxygen atoms in total. The molecule has 3 aliphatic heterocycles. The fraction of sp³-hybridized carbons (Fsp3) is 0.760. The third kappa shape index (κ3) is 14.2. The van der Waals surface area contributed by atoms with Crippen LogP contribution in [-0.2, 0) is 38.1 Å². The lowest BCUT2D eigenvalue weighted by Gasteiger charge is -2.42. The molecule has 4 aliphatic rings. The molecule has 62 heavy (non-hydrogen) atoms. The fourth-order valence-corrected chi connectivity index (χ4v) is 9.96. The number of cyclic esters (lactones) is 1. The molecule has 0 aromatic heterocycles. The number of amides is 1. The monoisotopic (exact) mass is 870 g/mol. The van der Waals surface area contributed by atoms with Crippen molar-refractivity contribution in [2.75, 3.05) is 20.8 Å². The Labute approximate surface area is 371 Å². The predicted octanol–water partition coefficient (Wildman–Crippen LogP) is 7.38. The van der Waals surface area contributed by atoms with Crippen LogP contribution >= 0.6 is 0 Å². The van der Waals surface area contributed by atoms with Gasteiger partial charge in [-0.15, -0.1) is 0 Å². The normalized spacial score (nSPS) is 40.5. The molecular formula is C50H79NO11. The smallest absolute Gasteiger partial charge is 0.329 e. The Morgan fingerprint density at radius 3 is 2.31 bits per heavy atom. The zero-order valence-electron chi connectivity index (χ0n) is 39.1. The molecule has 3 N–H and O–H groups in total. The minimum Gasteiger partial charge on any atom is -0.460 e. The van der Waals surface area contributed by atoms with Gasteiger partial charge in [-0.2, -0.15) is 0 Å². The Kier molecular flexibility index (Phi) is 20.3. The van der Waals surface area contributed by atoms with Crippen LogP contribution in [0.3, 0.4) is 0 Å². The second-order valence-corrected chi connectivity index (χ2v) is 19.4. The van der Waals surface area contributed by atoms with Crippen LogP contribution in [0.1, 0.15) is 138 Å². The van der Waals surface area contributed by atoms with Crippen LogP contribution in [0.15, 0.2) is 47.6 Å². The Balaban J connectivity index is 1.65. The quantitative estimate of drug-likeness (QED) is 0.143. The zero-order valence-corrected chi connectivity index (χ0v) is 39.1. The Bertz CT molecular complexity index is 1620. The van der Waals surface area contributed by atoms with E-state index in [9.17, 15) is 34.5 Å². The first-order valence-electron chi connectivity index (χ1n) is 23.5. The first-order chi connectivity index (χ1) is 29.4. The summed E-state index contributed by atoms with van der Waals surface area (Å²) in [6.45, 7) is 13.7. The molecule has 1 unspecified atom stereocenters. The summed E-state index contributed by atoms with van der Waals surface area (Å²) < 4.78 is 23.8. The maximum absolute atomic E-state index is 14.3. The van der Waals surface area contributed by atoms with Crippen LogP contribution < -0.4 is 0 Å². The van der Waals surface area contributed by atoms with Crippen molar-refractivity contribution in [2.24, 2.45) is 35.5 Å². The van der Waals surface area contributed by atoms with E-state index < -0.39 is 65.7 Å². The lowest BCUT2D eigenvalue weighted by Crippen LogP contribution is -2.61. The van der Waals surface area contributed by atoms with Crippen molar-refractivity contribution < 1.29 is 53.4 Å². The molecule has 2 bridgehead atoms. The van der Waals surface area contributed by atoms with Gasteiger partial charge < -0.3 is 39.2 Å². The number of piperidine rings is 1. The van der Waals surface area contributed by atoms with E-state index in [1.807, 2.05) is 51.2 Å². The number of Topliss-reactive ketones (excluding diaryl/α,β-unsaturated/α-hetero) is 2. The molecule has 0 aromatic rings. The number of carbonyl (C=O) groups excluding carboxylic acids is 4. The number of ether oxygens (including phenoxy) is 4. The third-order valence-electron chi connectivity index (χ3n) is 14.2. The van der Waals surface area contributed by atoms with Crippen molar-refractivity contribution in [3.05, 3.63) is 47.6 Å². The van der Waals surface area contributed by atoms with Gasteiger partial charge in [0.1, 0.15) is 17.9 Å². The summed E-state index contributed by atoms with van der Waals surface area (Å²) in [7, 11) is 3.20. The second-order valence-electron chi connectivity index (χ2n) is 19.4. The van der Waals surface area contributed by atoms with Gasteiger partial charge in [-0.05, 0) is 126 Å². The summed E-state index contributed by atoms with van der Waals surface area (Å²) in [5.41, 5.74) is 1.66. The van der Waals surface area contributed by atoms with Gasteiger partial charge in [0, 0.05) is 45.4 Å². The van der Waals surface area contributed by atoms with E-state index in [2.05, 4.69) is 19.9 Å². The van der Waals surface area contributed by atoms with E-state index in [0.717, 1.165) is 30.4 Å². The SMILES string of the molecule is CO[C@H]1CC2CC[C@@H](C)[C@@](O)(O2)C(=O)C(=O)N2CCCC[C@H]2C(=O)O[C@H]([C@H](C)C[C@@H]2CC[C@@H](O)[C@H](OC)C2)CC(=O)[C@H](C)/C=C(\C)[C@@H](O)CC[C@H](C)C[C@H](C)/C=C/C=C/C=C/1C. The average Bonchev–Trinajstić information content (AvgIpc) is 3.24. The Morgan fingerprint density at radius 1 is 0.855 bits per heavy atom. The number of carbonyl (C=O) groups is 4. The molecule has 0 spiro atoms. The summed E-state index contributed by atoms with van der Waals surface area (Å²) in [5, 5.41) is 33.5. The highest BCUT2D eigenvalue weighted by atomic mass is 16.6. The average molecular weight is 870 g/mol. The van der Waals surface area contributed by atoms with E-state index in [4.69, 9.17) is 18.9 Å². The number of ketones is 2. The number of rotatable bonds is 5. The van der Waals surface area contributed by atoms with Crippen LogP contribution in [-0.4, -0.2) is 113 Å². The molecular weight excluding hydrogens is 791 g/mol. The van der Waals surface area contributed by atoms with Crippen LogP contribution in [0, 0.1) is 35.5 Å². The van der Waals surface area contributed by atoms with Crippen molar-refractivity contribution in [1.29, 1.82) is 0 Å². The Morgan fingerprint density at radius 2 is 1.60 bits per heavy atom. The maximum atomic E-state index is 14.3. The summed E-state index contributed by atoms with van der Waals surface area (Å²) >= 11 is 0. The number of fused-ring (bicyclic) bond motifs is 3. The highest BCUT2D eigenvalue weighted by molar-refractivity contribution is 6.39. The van der Waals surface area contributed by atoms with Gasteiger partial charge in [-0.1, -0.05) is 71.1 Å². The van der Waals surface area contributed by atoms with E-state index in [1.54, 1.807) is 28.1 Å². The van der Waals surface area contributed by atoms with E-state index in [0.29, 0.717) is 69.6 Å². The van der Waals surface area contributed by atoms with Gasteiger partial charge in [0.15, 0.2) is 0 Å². The summed E-state index contributed by atoms with van der Waals surface area (Å²) in [4.78, 5) is 57.9. The second kappa shape index (κ2) is 24.3. The van der Waals surface area contributed by atoms with Crippen LogP contribution in [0.5, 0.6) is 0 Å². The molecule has 14 atom stereocenters. The van der Waals surface area contributed by atoms with Crippen molar-refractivity contribution in [2.45, 2.75) is 187 Å². The molecule has 4 rings (SSSR count). The number of hydrogen-bond acceptors (Lipinski definition) is 11. The van der Waals surface area contributed by atoms with E-state index in [-0.39, 0.29) is 49.2 Å². The third-order valence-corrected chi connectivity index (χ3v) is 14.2. The van der Waals surface area contributed by atoms with Crippen molar-refractivity contribution in [1.82, 2.24) is 4.90 Å². The van der Waals surface area contributed by atoms with Crippen molar-refractivity contribution in [3.63, 3.8) is 0 Å². The molecule has 1 aliphatic carbocycles. The summed E-state index contributed by atoms with van der Waals surface area (Å²) in [6, 6.07) is -1.09. The molecule has 12 heteroatoms. The van der Waals surface area contributed by atoms with Gasteiger partial charge in [-0.3, -0.25) is 14.4 Å². The first-order valence-corrected chi connectivity index (χ1v) is 23.5. The van der Waals surface area contributed by atoms with Gasteiger partial charge in [0.25, 0.3) is 11.7 Å².